The van der Waals surface area contributed by atoms with Crippen LogP contribution in [0, 0.1) is 6.92 Å². The van der Waals surface area contributed by atoms with Gasteiger partial charge in [-0.15, -0.1) is 0 Å². The Morgan fingerprint density at radius 3 is 2.55 bits per heavy atom. The summed E-state index contributed by atoms with van der Waals surface area (Å²) in [6.45, 7) is 13.0. The lowest BCUT2D eigenvalue weighted by Crippen LogP contribution is -2.49. The number of aryl methyl sites for hydroxylation is 1. The van der Waals surface area contributed by atoms with Crippen LogP contribution in [-0.2, 0) is 0 Å². The van der Waals surface area contributed by atoms with Crippen molar-refractivity contribution in [2.75, 3.05) is 4.90 Å². The number of hydrazone groups is 1. The number of rotatable bonds is 4. The fraction of sp³-hybridized carbons (Fsp3) is 0.333. The Kier molecular flexibility index (Phi) is 5.85. The van der Waals surface area contributed by atoms with Crippen molar-refractivity contribution < 1.29 is 4.79 Å². The fourth-order valence-corrected chi connectivity index (χ4v) is 4.44. The lowest BCUT2D eigenvalue weighted by atomic mass is 9.87. The summed E-state index contributed by atoms with van der Waals surface area (Å²) >= 11 is 6.15. The van der Waals surface area contributed by atoms with Gasteiger partial charge in [0.2, 0.25) is 0 Å². The van der Waals surface area contributed by atoms with Crippen molar-refractivity contribution in [3.05, 3.63) is 69.8 Å². The molecule has 4 nitrogen and oxygen atoms in total. The smallest absolute Gasteiger partial charge is 0.272 e. The number of nitrogens with zero attached hydrogens (tertiary/aromatic N) is 2. The minimum absolute atomic E-state index is 0.0395. The van der Waals surface area contributed by atoms with Crippen molar-refractivity contribution in [1.82, 2.24) is 5.43 Å². The number of nitrogens with one attached hydrogen (secondary N) is 1. The van der Waals surface area contributed by atoms with Gasteiger partial charge in [-0.25, -0.2) is 5.43 Å². The molecule has 0 bridgehead atoms. The third kappa shape index (κ3) is 4.38. The summed E-state index contributed by atoms with van der Waals surface area (Å²) < 4.78 is 0. The maximum absolute atomic E-state index is 12.3. The maximum atomic E-state index is 12.3. The van der Waals surface area contributed by atoms with Gasteiger partial charge in [-0.1, -0.05) is 29.8 Å². The molecule has 0 spiro atoms. The average molecular weight is 410 g/mol. The molecule has 2 aromatic carbocycles. The molecule has 1 N–H and O–H groups in total. The van der Waals surface area contributed by atoms with Gasteiger partial charge < -0.3 is 4.90 Å². The SMILES string of the molecule is CC1=CC(C)(C)N(C(C)C)c2ccc(/C=N/NC(=O)c3ccc(C)cc3Cl)cc21. The largest absolute Gasteiger partial charge is 0.360 e. The van der Waals surface area contributed by atoms with Crippen LogP contribution in [0.25, 0.3) is 5.57 Å². The third-order valence-corrected chi connectivity index (χ3v) is 5.47. The molecule has 0 aliphatic carbocycles. The summed E-state index contributed by atoms with van der Waals surface area (Å²) in [5.74, 6) is -0.326. The highest BCUT2D eigenvalue weighted by Crippen LogP contribution is 2.40. The number of carbonyl (C=O) groups excluding carboxylic acids is 1. The predicted molar refractivity (Wildman–Crippen MR) is 123 cm³/mol. The minimum atomic E-state index is -0.326. The maximum Gasteiger partial charge on any atom is 0.272 e. The van der Waals surface area contributed by atoms with Crippen molar-refractivity contribution in [2.24, 2.45) is 5.10 Å². The summed E-state index contributed by atoms with van der Waals surface area (Å²) in [4.78, 5) is 14.7. The van der Waals surface area contributed by atoms with Crippen LogP contribution in [-0.4, -0.2) is 23.7 Å². The van der Waals surface area contributed by atoms with Crippen LogP contribution in [0.1, 0.15) is 61.7 Å². The Morgan fingerprint density at radius 2 is 1.90 bits per heavy atom. The molecule has 0 radical (unpaired) electrons. The molecule has 3 rings (SSSR count). The van der Waals surface area contributed by atoms with E-state index in [2.05, 4.69) is 68.3 Å². The van der Waals surface area contributed by atoms with Gasteiger partial charge in [0.25, 0.3) is 5.91 Å². The first-order valence-corrected chi connectivity index (χ1v) is 10.2. The molecule has 1 amide bonds. The van der Waals surface area contributed by atoms with E-state index in [1.54, 1.807) is 18.3 Å². The average Bonchev–Trinajstić information content (AvgIpc) is 2.61. The van der Waals surface area contributed by atoms with Gasteiger partial charge in [0, 0.05) is 17.3 Å². The second-order valence-electron chi connectivity index (χ2n) is 8.40. The summed E-state index contributed by atoms with van der Waals surface area (Å²) in [5.41, 5.74) is 8.52. The molecule has 0 aromatic heterocycles. The molecule has 1 heterocycles. The highest BCUT2D eigenvalue weighted by molar-refractivity contribution is 6.33. The van der Waals surface area contributed by atoms with Gasteiger partial charge in [0.1, 0.15) is 0 Å². The van der Waals surface area contributed by atoms with Crippen LogP contribution in [0.4, 0.5) is 5.69 Å². The van der Waals surface area contributed by atoms with E-state index in [0.717, 1.165) is 11.1 Å². The molecule has 1 aliphatic heterocycles. The monoisotopic (exact) mass is 409 g/mol. The quantitative estimate of drug-likeness (QED) is 0.510. The van der Waals surface area contributed by atoms with Crippen LogP contribution in [0.5, 0.6) is 0 Å². The van der Waals surface area contributed by atoms with Gasteiger partial charge in [-0.2, -0.15) is 5.10 Å². The number of allylic oxidation sites excluding steroid dienone is 1. The predicted octanol–water partition coefficient (Wildman–Crippen LogP) is 5.82. The zero-order valence-corrected chi connectivity index (χ0v) is 18.6. The van der Waals surface area contributed by atoms with E-state index in [0.29, 0.717) is 16.6 Å². The minimum Gasteiger partial charge on any atom is -0.360 e. The Hall–Kier alpha value is -2.59. The van der Waals surface area contributed by atoms with E-state index in [-0.39, 0.29) is 11.4 Å². The zero-order valence-electron chi connectivity index (χ0n) is 17.9. The standard InChI is InChI=1S/C24H28ClN3O/c1-15(2)28-22-10-8-18(12-20(22)17(4)13-24(28,5)6)14-26-27-23(29)19-9-7-16(3)11-21(19)25/h7-15H,1-6H3,(H,27,29)/b26-14+. The van der Waals surface area contributed by atoms with E-state index in [1.807, 2.05) is 19.1 Å². The summed E-state index contributed by atoms with van der Waals surface area (Å²) in [6.07, 6.45) is 3.96. The van der Waals surface area contributed by atoms with Crippen molar-refractivity contribution in [2.45, 2.75) is 53.1 Å². The molecular formula is C24H28ClN3O. The number of halogens is 1. The van der Waals surface area contributed by atoms with Crippen LogP contribution in [0.2, 0.25) is 5.02 Å². The Labute approximate surface area is 178 Å². The van der Waals surface area contributed by atoms with Gasteiger partial charge in [0.05, 0.1) is 22.3 Å². The molecule has 0 atom stereocenters. The van der Waals surface area contributed by atoms with E-state index >= 15 is 0 Å². The van der Waals surface area contributed by atoms with Crippen LogP contribution in [0.3, 0.4) is 0 Å². The topological polar surface area (TPSA) is 44.7 Å². The first-order chi connectivity index (χ1) is 13.6. The molecule has 0 saturated carbocycles. The highest BCUT2D eigenvalue weighted by atomic mass is 35.5. The summed E-state index contributed by atoms with van der Waals surface area (Å²) in [5, 5.41) is 4.54. The Bertz CT molecular complexity index is 1010. The number of benzene rings is 2. The van der Waals surface area contributed by atoms with Crippen LogP contribution < -0.4 is 10.3 Å². The number of anilines is 1. The lowest BCUT2D eigenvalue weighted by molar-refractivity contribution is 0.0955. The summed E-state index contributed by atoms with van der Waals surface area (Å²) in [6, 6.07) is 12.0. The second kappa shape index (κ2) is 8.03. The number of amides is 1. The van der Waals surface area contributed by atoms with Crippen molar-refractivity contribution in [1.29, 1.82) is 0 Å². The van der Waals surface area contributed by atoms with Crippen molar-refractivity contribution in [3.8, 4) is 0 Å². The van der Waals surface area contributed by atoms with E-state index < -0.39 is 0 Å². The number of fused-ring (bicyclic) bond motifs is 1. The van der Waals surface area contributed by atoms with Crippen molar-refractivity contribution >= 4 is 35.0 Å². The van der Waals surface area contributed by atoms with Gasteiger partial charge in [-0.3, -0.25) is 4.79 Å². The Morgan fingerprint density at radius 1 is 1.17 bits per heavy atom. The van der Waals surface area contributed by atoms with Gasteiger partial charge >= 0.3 is 0 Å². The van der Waals surface area contributed by atoms with Gasteiger partial charge in [0.15, 0.2) is 0 Å². The normalized spacial score (nSPS) is 15.4. The number of hydrogen-bond acceptors (Lipinski definition) is 3. The molecule has 152 valence electrons. The first-order valence-electron chi connectivity index (χ1n) is 9.83. The zero-order chi connectivity index (χ0) is 21.3. The molecule has 1 aliphatic rings. The van der Waals surface area contributed by atoms with E-state index in [9.17, 15) is 4.79 Å². The molecule has 0 saturated heterocycles. The van der Waals surface area contributed by atoms with Crippen molar-refractivity contribution in [3.63, 3.8) is 0 Å². The number of hydrogen-bond donors (Lipinski definition) is 1. The Balaban J connectivity index is 1.81. The molecule has 0 unspecified atom stereocenters. The molecule has 5 heteroatoms. The van der Waals surface area contributed by atoms with Crippen LogP contribution in [0.15, 0.2) is 47.6 Å². The highest BCUT2D eigenvalue weighted by Gasteiger charge is 2.32. The van der Waals surface area contributed by atoms with Gasteiger partial charge in [-0.05, 0) is 82.5 Å². The second-order valence-corrected chi connectivity index (χ2v) is 8.81. The summed E-state index contributed by atoms with van der Waals surface area (Å²) in [7, 11) is 0. The lowest BCUT2D eigenvalue weighted by Gasteiger charge is -2.46. The van der Waals surface area contributed by atoms with E-state index in [4.69, 9.17) is 11.6 Å². The van der Waals surface area contributed by atoms with Crippen LogP contribution >= 0.6 is 11.6 Å². The molecule has 0 fully saturated rings. The first kappa shape index (κ1) is 21.1. The number of carbonyl (C=O) groups is 1. The molecule has 29 heavy (non-hydrogen) atoms. The third-order valence-electron chi connectivity index (χ3n) is 5.16. The molecular weight excluding hydrogens is 382 g/mol. The fourth-order valence-electron chi connectivity index (χ4n) is 4.12. The van der Waals surface area contributed by atoms with E-state index in [1.165, 1.54) is 16.8 Å². The molecule has 2 aromatic rings.